The van der Waals surface area contributed by atoms with Crippen LogP contribution in [0.3, 0.4) is 0 Å². The molecule has 104 valence electrons. The molecule has 1 amide bonds. The molecule has 0 fully saturated rings. The lowest BCUT2D eigenvalue weighted by atomic mass is 10.1. The summed E-state index contributed by atoms with van der Waals surface area (Å²) in [5.74, 6) is 0.240. The maximum absolute atomic E-state index is 11.0. The normalized spacial score (nSPS) is 10.8. The molecule has 3 nitrogen and oxygen atoms in total. The Bertz CT molecular complexity index is 413. The van der Waals surface area contributed by atoms with E-state index in [-0.39, 0.29) is 0 Å². The highest BCUT2D eigenvalue weighted by Gasteiger charge is 2.00. The molecule has 19 heavy (non-hydrogen) atoms. The summed E-state index contributed by atoms with van der Waals surface area (Å²) in [6.45, 7) is 2.74. The van der Waals surface area contributed by atoms with Crippen molar-refractivity contribution < 1.29 is 9.53 Å². The predicted molar refractivity (Wildman–Crippen MR) is 78.4 cm³/mol. The monoisotopic (exact) mass is 261 g/mol. The van der Waals surface area contributed by atoms with Gasteiger partial charge in [0.15, 0.2) is 0 Å². The van der Waals surface area contributed by atoms with Crippen LogP contribution >= 0.6 is 0 Å². The number of amides is 1. The van der Waals surface area contributed by atoms with Gasteiger partial charge < -0.3 is 10.5 Å². The summed E-state index contributed by atoms with van der Waals surface area (Å²) in [4.78, 5) is 11.0. The Morgan fingerprint density at radius 1 is 1.26 bits per heavy atom. The van der Waals surface area contributed by atoms with Crippen molar-refractivity contribution in [3.8, 4) is 5.75 Å². The Labute approximate surface area is 115 Å². The van der Waals surface area contributed by atoms with Gasteiger partial charge in [-0.25, -0.2) is 0 Å². The fraction of sp³-hybridized carbons (Fsp3) is 0.438. The Morgan fingerprint density at radius 2 is 2.11 bits per heavy atom. The second-order valence-electron chi connectivity index (χ2n) is 4.52. The molecule has 0 aromatic heterocycles. The lowest BCUT2D eigenvalue weighted by Gasteiger charge is -2.04. The highest BCUT2D eigenvalue weighted by Crippen LogP contribution is 2.12. The molecule has 0 heterocycles. The zero-order chi connectivity index (χ0) is 13.9. The molecular formula is C16H23NO2. The third-order valence-corrected chi connectivity index (χ3v) is 2.86. The van der Waals surface area contributed by atoms with Crippen LogP contribution in [0.2, 0.25) is 0 Å². The van der Waals surface area contributed by atoms with Gasteiger partial charge in [-0.15, -0.1) is 0 Å². The quantitative estimate of drug-likeness (QED) is 0.544. The van der Waals surface area contributed by atoms with Crippen molar-refractivity contribution in [3.63, 3.8) is 0 Å². The molecule has 0 aliphatic heterocycles. The predicted octanol–water partition coefficient (Wildman–Crippen LogP) is 3.69. The van der Waals surface area contributed by atoms with Crippen molar-refractivity contribution >= 4 is 5.91 Å². The van der Waals surface area contributed by atoms with E-state index in [0.29, 0.717) is 17.9 Å². The van der Waals surface area contributed by atoms with E-state index in [1.807, 2.05) is 12.1 Å². The van der Waals surface area contributed by atoms with E-state index in [1.165, 1.54) is 25.7 Å². The second kappa shape index (κ2) is 9.20. The molecule has 0 unspecified atom stereocenters. The molecule has 0 aliphatic carbocycles. The van der Waals surface area contributed by atoms with Crippen molar-refractivity contribution in [3.05, 3.63) is 42.0 Å². The summed E-state index contributed by atoms with van der Waals surface area (Å²) < 4.78 is 5.53. The summed E-state index contributed by atoms with van der Waals surface area (Å²) in [5, 5.41) is 0. The summed E-state index contributed by atoms with van der Waals surface area (Å²) in [7, 11) is 0. The molecule has 0 atom stereocenters. The molecule has 1 rings (SSSR count). The van der Waals surface area contributed by atoms with Crippen molar-refractivity contribution in [2.75, 3.05) is 6.61 Å². The third-order valence-electron chi connectivity index (χ3n) is 2.86. The summed E-state index contributed by atoms with van der Waals surface area (Å²) >= 11 is 0. The number of carbonyl (C=O) groups excluding carboxylic acids is 1. The molecule has 0 saturated carbocycles. The van der Waals surface area contributed by atoms with Crippen LogP contribution in [0.15, 0.2) is 36.4 Å². The Morgan fingerprint density at radius 3 is 2.84 bits per heavy atom. The average Bonchev–Trinajstić information content (AvgIpc) is 2.42. The minimum atomic E-state index is -0.433. The highest BCUT2D eigenvalue weighted by molar-refractivity contribution is 5.93. The van der Waals surface area contributed by atoms with Gasteiger partial charge in [-0.1, -0.05) is 44.4 Å². The molecular weight excluding hydrogens is 238 g/mol. The van der Waals surface area contributed by atoms with E-state index < -0.39 is 5.91 Å². The molecule has 1 aromatic rings. The summed E-state index contributed by atoms with van der Waals surface area (Å²) in [5.41, 5.74) is 5.68. The number of hydrogen-bond acceptors (Lipinski definition) is 2. The number of carbonyl (C=O) groups is 1. The first-order valence-corrected chi connectivity index (χ1v) is 6.91. The van der Waals surface area contributed by atoms with E-state index in [0.717, 1.165) is 6.42 Å². The zero-order valence-corrected chi connectivity index (χ0v) is 11.6. The van der Waals surface area contributed by atoms with Crippen molar-refractivity contribution in [2.24, 2.45) is 5.73 Å². The standard InChI is InChI=1S/C16H23NO2/c1-2-3-4-5-6-7-8-12-19-15-11-9-10-14(13-15)16(17)18/h7-11,13H,2-6,12H2,1H3,(H2,17,18)/b8-7-. The first-order chi connectivity index (χ1) is 9.24. The Kier molecular flexibility index (Phi) is 7.40. The average molecular weight is 261 g/mol. The van der Waals surface area contributed by atoms with E-state index in [2.05, 4.69) is 13.0 Å². The first-order valence-electron chi connectivity index (χ1n) is 6.91. The second-order valence-corrected chi connectivity index (χ2v) is 4.52. The van der Waals surface area contributed by atoms with Gasteiger partial charge in [0.05, 0.1) is 0 Å². The summed E-state index contributed by atoms with van der Waals surface area (Å²) in [6.07, 6.45) is 10.4. The number of primary amides is 1. The van der Waals surface area contributed by atoms with Crippen LogP contribution in [0, 0.1) is 0 Å². The maximum Gasteiger partial charge on any atom is 0.248 e. The SMILES string of the molecule is CCCCCC/C=C\COc1cccc(C(N)=O)c1. The van der Waals surface area contributed by atoms with Gasteiger partial charge in [0.25, 0.3) is 0 Å². The topological polar surface area (TPSA) is 52.3 Å². The fourth-order valence-electron chi connectivity index (χ4n) is 1.76. The molecule has 3 heteroatoms. The zero-order valence-electron chi connectivity index (χ0n) is 11.6. The number of unbranched alkanes of at least 4 members (excludes halogenated alkanes) is 4. The van der Waals surface area contributed by atoms with E-state index >= 15 is 0 Å². The minimum Gasteiger partial charge on any atom is -0.490 e. The minimum absolute atomic E-state index is 0.433. The molecule has 0 radical (unpaired) electrons. The van der Waals surface area contributed by atoms with Crippen LogP contribution in [0.5, 0.6) is 5.75 Å². The van der Waals surface area contributed by atoms with E-state index in [1.54, 1.807) is 18.2 Å². The van der Waals surface area contributed by atoms with E-state index in [4.69, 9.17) is 10.5 Å². The van der Waals surface area contributed by atoms with Crippen LogP contribution in [0.4, 0.5) is 0 Å². The largest absolute Gasteiger partial charge is 0.490 e. The third kappa shape index (κ3) is 6.65. The van der Waals surface area contributed by atoms with Crippen LogP contribution in [0.25, 0.3) is 0 Å². The van der Waals surface area contributed by atoms with Crippen LogP contribution in [-0.4, -0.2) is 12.5 Å². The van der Waals surface area contributed by atoms with Gasteiger partial charge in [0.2, 0.25) is 5.91 Å². The number of nitrogens with two attached hydrogens (primary N) is 1. The van der Waals surface area contributed by atoms with Crippen molar-refractivity contribution in [1.29, 1.82) is 0 Å². The van der Waals surface area contributed by atoms with Crippen LogP contribution in [0.1, 0.15) is 49.4 Å². The van der Waals surface area contributed by atoms with Crippen molar-refractivity contribution in [2.45, 2.75) is 39.0 Å². The molecule has 0 bridgehead atoms. The molecule has 1 aromatic carbocycles. The maximum atomic E-state index is 11.0. The first kappa shape index (κ1) is 15.3. The lowest BCUT2D eigenvalue weighted by molar-refractivity contribution is 0.1000. The van der Waals surface area contributed by atoms with E-state index in [9.17, 15) is 4.79 Å². The number of hydrogen-bond donors (Lipinski definition) is 1. The summed E-state index contributed by atoms with van der Waals surface area (Å²) in [6, 6.07) is 6.93. The number of benzene rings is 1. The highest BCUT2D eigenvalue weighted by atomic mass is 16.5. The lowest BCUT2D eigenvalue weighted by Crippen LogP contribution is -2.10. The van der Waals surface area contributed by atoms with Gasteiger partial charge >= 0.3 is 0 Å². The molecule has 0 saturated heterocycles. The van der Waals surface area contributed by atoms with Crippen molar-refractivity contribution in [1.82, 2.24) is 0 Å². The van der Waals surface area contributed by atoms with Crippen LogP contribution in [-0.2, 0) is 0 Å². The van der Waals surface area contributed by atoms with Gasteiger partial charge in [0, 0.05) is 5.56 Å². The number of ether oxygens (including phenoxy) is 1. The molecule has 0 aliphatic rings. The van der Waals surface area contributed by atoms with Gasteiger partial charge in [-0.05, 0) is 31.0 Å². The number of allylic oxidation sites excluding steroid dienone is 1. The molecule has 2 N–H and O–H groups in total. The van der Waals surface area contributed by atoms with Crippen LogP contribution < -0.4 is 10.5 Å². The fourth-order valence-corrected chi connectivity index (χ4v) is 1.76. The smallest absolute Gasteiger partial charge is 0.248 e. The number of rotatable bonds is 9. The molecule has 0 spiro atoms. The Hall–Kier alpha value is -1.77. The van der Waals surface area contributed by atoms with Gasteiger partial charge in [0.1, 0.15) is 12.4 Å². The van der Waals surface area contributed by atoms with Gasteiger partial charge in [-0.3, -0.25) is 4.79 Å². The Balaban J connectivity index is 2.23. The van der Waals surface area contributed by atoms with Gasteiger partial charge in [-0.2, -0.15) is 0 Å².